The van der Waals surface area contributed by atoms with Crippen molar-refractivity contribution >= 4 is 17.1 Å². The van der Waals surface area contributed by atoms with Crippen molar-refractivity contribution in [3.05, 3.63) is 80.4 Å². The lowest BCUT2D eigenvalue weighted by Gasteiger charge is -2.43. The average Bonchev–Trinajstić information content (AvgIpc) is 3.23. The first-order valence-electron chi connectivity index (χ1n) is 10.9. The Balaban J connectivity index is 1.88. The predicted molar refractivity (Wildman–Crippen MR) is 129 cm³/mol. The highest BCUT2D eigenvalue weighted by Gasteiger charge is 2.43. The minimum absolute atomic E-state index is 0.00150. The summed E-state index contributed by atoms with van der Waals surface area (Å²) in [5, 5.41) is 13.8. The third kappa shape index (κ3) is 3.76. The number of nitrogens with zero attached hydrogens (tertiary/aromatic N) is 3. The zero-order chi connectivity index (χ0) is 23.2. The van der Waals surface area contributed by atoms with Gasteiger partial charge in [0.15, 0.2) is 5.78 Å². The molecule has 1 aromatic heterocycles. The maximum atomic E-state index is 13.7. The molecule has 166 valence electrons. The van der Waals surface area contributed by atoms with Crippen LogP contribution in [0.2, 0.25) is 0 Å². The van der Waals surface area contributed by atoms with Crippen LogP contribution in [0, 0.1) is 11.3 Å². The third-order valence-corrected chi connectivity index (χ3v) is 7.84. The van der Waals surface area contributed by atoms with Crippen molar-refractivity contribution in [1.29, 1.82) is 5.26 Å². The molecule has 0 bridgehead atoms. The molecule has 2 heterocycles. The van der Waals surface area contributed by atoms with Crippen molar-refractivity contribution in [2.24, 2.45) is 5.73 Å². The summed E-state index contributed by atoms with van der Waals surface area (Å²) in [6.07, 6.45) is 1.15. The Hall–Kier alpha value is -2.88. The van der Waals surface area contributed by atoms with Crippen molar-refractivity contribution in [1.82, 2.24) is 10.0 Å². The molecule has 0 saturated heterocycles. The summed E-state index contributed by atoms with van der Waals surface area (Å²) in [6, 6.07) is 16.7. The number of Topliss-reactive ketones (excluding diaryl/α,β-unsaturated/α-hetero) is 1. The molecule has 1 aliphatic carbocycles. The smallest absolute Gasteiger partial charge is 0.162 e. The van der Waals surface area contributed by atoms with E-state index in [9.17, 15) is 10.1 Å². The fourth-order valence-corrected chi connectivity index (χ4v) is 5.91. The summed E-state index contributed by atoms with van der Waals surface area (Å²) in [4.78, 5) is 15.9. The highest BCUT2D eigenvalue weighted by Crippen LogP contribution is 2.49. The second-order valence-electron chi connectivity index (χ2n) is 9.75. The van der Waals surface area contributed by atoms with Crippen LogP contribution in [-0.4, -0.2) is 29.9 Å². The van der Waals surface area contributed by atoms with Gasteiger partial charge >= 0.3 is 0 Å². The van der Waals surface area contributed by atoms with Crippen LogP contribution in [0.1, 0.15) is 60.8 Å². The molecule has 0 saturated carbocycles. The number of carbonyl (C=O) groups is 1. The lowest BCUT2D eigenvalue weighted by atomic mass is 9.74. The van der Waals surface area contributed by atoms with Crippen LogP contribution >= 0.6 is 11.3 Å². The maximum absolute atomic E-state index is 13.7. The van der Waals surface area contributed by atoms with Gasteiger partial charge in [-0.3, -0.25) is 9.80 Å². The normalized spacial score (nSPS) is 21.8. The summed E-state index contributed by atoms with van der Waals surface area (Å²) in [5.74, 6) is 0.198. The lowest BCUT2D eigenvalue weighted by molar-refractivity contribution is -0.117. The van der Waals surface area contributed by atoms with E-state index in [0.717, 1.165) is 21.7 Å². The fraction of sp³-hybridized carbons (Fsp3) is 0.385. The third-order valence-electron chi connectivity index (χ3n) is 6.26. The summed E-state index contributed by atoms with van der Waals surface area (Å²) in [6.45, 7) is 6.52. The zero-order valence-electron chi connectivity index (χ0n) is 19.3. The summed E-state index contributed by atoms with van der Waals surface area (Å²) < 4.78 is 0. The van der Waals surface area contributed by atoms with Crippen LogP contribution in [0.15, 0.2) is 65.1 Å². The van der Waals surface area contributed by atoms with Crippen molar-refractivity contribution in [2.75, 3.05) is 14.1 Å². The number of hydrazine groups is 1. The first kappa shape index (κ1) is 22.3. The largest absolute Gasteiger partial charge is 0.383 e. The van der Waals surface area contributed by atoms with Crippen molar-refractivity contribution < 1.29 is 4.79 Å². The number of hydrogen-bond acceptors (Lipinski definition) is 6. The quantitative estimate of drug-likeness (QED) is 0.717. The molecular formula is C26H30N4OS. The number of carbonyl (C=O) groups excluding carboxylic acids is 1. The highest BCUT2D eigenvalue weighted by atomic mass is 32.1. The monoisotopic (exact) mass is 446 g/mol. The van der Waals surface area contributed by atoms with Crippen molar-refractivity contribution in [3.8, 4) is 6.07 Å². The zero-order valence-corrected chi connectivity index (χ0v) is 20.2. The molecule has 0 amide bonds. The van der Waals surface area contributed by atoms with Gasteiger partial charge < -0.3 is 5.73 Å². The topological polar surface area (TPSA) is 73.4 Å². The number of nitrogens with two attached hydrogens (primary N) is 1. The molecule has 0 unspecified atom stereocenters. The highest BCUT2D eigenvalue weighted by molar-refractivity contribution is 7.12. The van der Waals surface area contributed by atoms with Crippen molar-refractivity contribution in [3.63, 3.8) is 0 Å². The van der Waals surface area contributed by atoms with Gasteiger partial charge in [-0.15, -0.1) is 11.3 Å². The van der Waals surface area contributed by atoms with Gasteiger partial charge in [0.05, 0.1) is 17.6 Å². The van der Waals surface area contributed by atoms with Gasteiger partial charge in [-0.05, 0) is 35.4 Å². The second kappa shape index (κ2) is 8.23. The Bertz CT molecular complexity index is 1140. The van der Waals surface area contributed by atoms with Crippen LogP contribution < -0.4 is 5.73 Å². The van der Waals surface area contributed by atoms with Gasteiger partial charge in [0.2, 0.25) is 0 Å². The van der Waals surface area contributed by atoms with Crippen LogP contribution in [0.4, 0.5) is 0 Å². The van der Waals surface area contributed by atoms with E-state index >= 15 is 0 Å². The number of rotatable bonds is 3. The molecular weight excluding hydrogens is 416 g/mol. The van der Waals surface area contributed by atoms with Crippen LogP contribution in [0.25, 0.3) is 0 Å². The van der Waals surface area contributed by atoms with Crippen LogP contribution in [-0.2, 0) is 10.2 Å². The van der Waals surface area contributed by atoms with E-state index in [-0.39, 0.29) is 17.1 Å². The van der Waals surface area contributed by atoms with Crippen LogP contribution in [0.5, 0.6) is 0 Å². The molecule has 0 radical (unpaired) electrons. The Morgan fingerprint density at radius 1 is 1.12 bits per heavy atom. The van der Waals surface area contributed by atoms with Gasteiger partial charge in [0, 0.05) is 41.5 Å². The summed E-state index contributed by atoms with van der Waals surface area (Å²) >= 11 is 1.67. The minimum Gasteiger partial charge on any atom is -0.383 e. The number of allylic oxidation sites excluding steroid dienone is 3. The van der Waals surface area contributed by atoms with E-state index in [1.165, 1.54) is 4.88 Å². The molecule has 5 nitrogen and oxygen atoms in total. The number of hydrogen-bond donors (Lipinski definition) is 1. The molecule has 2 N–H and O–H groups in total. The second-order valence-corrected chi connectivity index (χ2v) is 10.9. The Morgan fingerprint density at radius 3 is 2.38 bits per heavy atom. The molecule has 2 atom stereocenters. The van der Waals surface area contributed by atoms with E-state index in [2.05, 4.69) is 51.1 Å². The van der Waals surface area contributed by atoms with Gasteiger partial charge in [-0.2, -0.15) is 5.26 Å². The molecule has 2 aromatic rings. The Morgan fingerprint density at radius 2 is 1.81 bits per heavy atom. The molecule has 1 aromatic carbocycles. The van der Waals surface area contributed by atoms with E-state index in [0.29, 0.717) is 24.2 Å². The summed E-state index contributed by atoms with van der Waals surface area (Å²) in [7, 11) is 3.79. The fourth-order valence-electron chi connectivity index (χ4n) is 4.73. The number of ketones is 1. The predicted octanol–water partition coefficient (Wildman–Crippen LogP) is 5.02. The average molecular weight is 447 g/mol. The SMILES string of the molecule is CN(C)N1C(N)=C(C#N)[C@@H](c2ccc(C(C)(C)C)s2)C2=C1C[C@H](c1ccccc1)CC2=O. The first-order valence-corrected chi connectivity index (χ1v) is 11.7. The van der Waals surface area contributed by atoms with Crippen LogP contribution in [0.3, 0.4) is 0 Å². The maximum Gasteiger partial charge on any atom is 0.162 e. The Kier molecular flexibility index (Phi) is 5.74. The first-order chi connectivity index (χ1) is 15.1. The van der Waals surface area contributed by atoms with E-state index in [1.54, 1.807) is 11.3 Å². The lowest BCUT2D eigenvalue weighted by Crippen LogP contribution is -2.45. The van der Waals surface area contributed by atoms with E-state index < -0.39 is 5.92 Å². The van der Waals surface area contributed by atoms with E-state index in [4.69, 9.17) is 5.73 Å². The number of thiophene rings is 1. The van der Waals surface area contributed by atoms with Gasteiger partial charge in [0.1, 0.15) is 5.82 Å². The van der Waals surface area contributed by atoms with Gasteiger partial charge in [0.25, 0.3) is 0 Å². The molecule has 4 rings (SSSR count). The molecule has 1 aliphatic heterocycles. The van der Waals surface area contributed by atoms with Gasteiger partial charge in [-0.1, -0.05) is 51.1 Å². The number of benzene rings is 1. The molecule has 6 heteroatoms. The molecule has 0 fully saturated rings. The Labute approximate surface area is 194 Å². The number of nitriles is 1. The standard InChI is InChI=1S/C26H30N4OS/c1-26(2,3)22-12-11-21(32-22)23-18(15-27)25(28)30(29(4)5)19-13-17(14-20(31)24(19)23)16-9-7-6-8-10-16/h6-12,17,23H,13-14,28H2,1-5H3/t17-,23-/m0/s1. The minimum atomic E-state index is -0.406. The molecule has 32 heavy (non-hydrogen) atoms. The molecule has 0 spiro atoms. The van der Waals surface area contributed by atoms with Crippen molar-refractivity contribution in [2.45, 2.75) is 50.9 Å². The molecule has 2 aliphatic rings. The van der Waals surface area contributed by atoms with E-state index in [1.807, 2.05) is 42.3 Å². The van der Waals surface area contributed by atoms with Gasteiger partial charge in [-0.25, -0.2) is 5.01 Å². The summed E-state index contributed by atoms with van der Waals surface area (Å²) in [5.41, 5.74) is 9.83.